The van der Waals surface area contributed by atoms with Gasteiger partial charge in [0.2, 0.25) is 5.95 Å². The molecule has 1 heterocycles. The van der Waals surface area contributed by atoms with E-state index in [0.717, 1.165) is 16.7 Å². The van der Waals surface area contributed by atoms with E-state index in [9.17, 15) is 12.8 Å². The predicted molar refractivity (Wildman–Crippen MR) is 76.4 cm³/mol. The molecule has 2 aromatic rings. The zero-order valence-corrected chi connectivity index (χ0v) is 12.0. The van der Waals surface area contributed by atoms with E-state index in [0.29, 0.717) is 0 Å². The van der Waals surface area contributed by atoms with Crippen LogP contribution in [-0.2, 0) is 10.0 Å². The van der Waals surface area contributed by atoms with Gasteiger partial charge in [-0.2, -0.15) is 0 Å². The standard InChI is InChI=1S/C12H14FN5O2S/c1-2-18(11-6-4-3-5-10(11)13)21(19,20)9-7-15-12(17-14)16-8-9/h3-8H,2,14H2,1H3,(H,15,16,17). The van der Waals surface area contributed by atoms with Crippen molar-refractivity contribution in [2.75, 3.05) is 16.3 Å². The van der Waals surface area contributed by atoms with Crippen molar-refractivity contribution in [2.45, 2.75) is 11.8 Å². The van der Waals surface area contributed by atoms with Crippen molar-refractivity contribution >= 4 is 21.7 Å². The zero-order valence-electron chi connectivity index (χ0n) is 11.2. The third-order valence-corrected chi connectivity index (χ3v) is 4.60. The van der Waals surface area contributed by atoms with Gasteiger partial charge >= 0.3 is 0 Å². The van der Waals surface area contributed by atoms with Crippen molar-refractivity contribution in [1.29, 1.82) is 0 Å². The Bertz CT molecular complexity index is 721. The first-order chi connectivity index (χ1) is 10.0. The van der Waals surface area contributed by atoms with E-state index in [1.165, 1.54) is 18.2 Å². The molecule has 3 N–H and O–H groups in total. The van der Waals surface area contributed by atoms with Gasteiger partial charge in [-0.25, -0.2) is 28.6 Å². The second kappa shape index (κ2) is 6.02. The Kier molecular flexibility index (Phi) is 4.34. The minimum absolute atomic E-state index is 0.0268. The van der Waals surface area contributed by atoms with Gasteiger partial charge in [0.25, 0.3) is 10.0 Å². The van der Waals surface area contributed by atoms with Gasteiger partial charge in [-0.1, -0.05) is 12.1 Å². The Morgan fingerprint density at radius 2 is 1.90 bits per heavy atom. The Labute approximate surface area is 121 Å². The number of nitrogens with two attached hydrogens (primary N) is 1. The highest BCUT2D eigenvalue weighted by molar-refractivity contribution is 7.92. The van der Waals surface area contributed by atoms with E-state index in [1.807, 2.05) is 0 Å². The number of para-hydroxylation sites is 1. The lowest BCUT2D eigenvalue weighted by atomic mass is 10.3. The number of hydrogen-bond donors (Lipinski definition) is 2. The number of nitrogens with zero attached hydrogens (tertiary/aromatic N) is 3. The van der Waals surface area contributed by atoms with Gasteiger partial charge in [-0.15, -0.1) is 0 Å². The predicted octanol–water partition coefficient (Wildman–Crippen LogP) is 1.12. The number of nitrogens with one attached hydrogen (secondary N) is 1. The van der Waals surface area contributed by atoms with Gasteiger partial charge in [0.15, 0.2) is 0 Å². The molecule has 0 radical (unpaired) electrons. The molecule has 0 aliphatic carbocycles. The van der Waals surface area contributed by atoms with E-state index in [2.05, 4.69) is 15.4 Å². The minimum atomic E-state index is -3.95. The smallest absolute Gasteiger partial charge is 0.267 e. The van der Waals surface area contributed by atoms with E-state index >= 15 is 0 Å². The van der Waals surface area contributed by atoms with Crippen molar-refractivity contribution in [2.24, 2.45) is 5.84 Å². The maximum atomic E-state index is 13.8. The summed E-state index contributed by atoms with van der Waals surface area (Å²) in [7, 11) is -3.95. The van der Waals surface area contributed by atoms with Crippen LogP contribution >= 0.6 is 0 Å². The van der Waals surface area contributed by atoms with Crippen LogP contribution in [-0.4, -0.2) is 24.9 Å². The fraction of sp³-hybridized carbons (Fsp3) is 0.167. The van der Waals surface area contributed by atoms with Gasteiger partial charge < -0.3 is 0 Å². The van der Waals surface area contributed by atoms with Crippen LogP contribution in [0.1, 0.15) is 6.92 Å². The summed E-state index contributed by atoms with van der Waals surface area (Å²) in [6, 6.07) is 5.65. The normalized spacial score (nSPS) is 11.2. The van der Waals surface area contributed by atoms with E-state index < -0.39 is 15.8 Å². The second-order valence-electron chi connectivity index (χ2n) is 4.01. The molecule has 0 spiro atoms. The number of halogens is 1. The van der Waals surface area contributed by atoms with Crippen LogP contribution in [0.25, 0.3) is 0 Å². The van der Waals surface area contributed by atoms with E-state index in [-0.39, 0.29) is 23.1 Å². The fourth-order valence-electron chi connectivity index (χ4n) is 1.77. The van der Waals surface area contributed by atoms with E-state index in [1.54, 1.807) is 13.0 Å². The van der Waals surface area contributed by atoms with Crippen molar-refractivity contribution in [3.8, 4) is 0 Å². The molecule has 0 aliphatic heterocycles. The maximum Gasteiger partial charge on any atom is 0.267 e. The SMILES string of the molecule is CCN(c1ccccc1F)S(=O)(=O)c1cnc(NN)nc1. The molecule has 21 heavy (non-hydrogen) atoms. The molecule has 0 amide bonds. The molecule has 0 fully saturated rings. The third-order valence-electron chi connectivity index (χ3n) is 2.75. The zero-order chi connectivity index (χ0) is 15.5. The maximum absolute atomic E-state index is 13.8. The van der Waals surface area contributed by atoms with Gasteiger partial charge in [0, 0.05) is 6.54 Å². The van der Waals surface area contributed by atoms with Gasteiger partial charge in [-0.05, 0) is 19.1 Å². The average molecular weight is 311 g/mol. The van der Waals surface area contributed by atoms with Crippen LogP contribution in [0.2, 0.25) is 0 Å². The summed E-state index contributed by atoms with van der Waals surface area (Å²) in [6.45, 7) is 1.68. The van der Waals surface area contributed by atoms with Gasteiger partial charge in [-0.3, -0.25) is 9.73 Å². The molecule has 0 saturated heterocycles. The number of aromatic nitrogens is 2. The quantitative estimate of drug-likeness (QED) is 0.634. The number of rotatable bonds is 5. The Balaban J connectivity index is 2.47. The summed E-state index contributed by atoms with van der Waals surface area (Å²) in [5, 5.41) is 0. The number of anilines is 2. The molecule has 1 aromatic carbocycles. The molecule has 112 valence electrons. The number of sulfonamides is 1. The summed E-state index contributed by atoms with van der Waals surface area (Å²) in [6.07, 6.45) is 2.22. The lowest BCUT2D eigenvalue weighted by Gasteiger charge is -2.22. The van der Waals surface area contributed by atoms with Crippen molar-refractivity contribution in [1.82, 2.24) is 9.97 Å². The van der Waals surface area contributed by atoms with Gasteiger partial charge in [0.1, 0.15) is 10.7 Å². The molecular weight excluding hydrogens is 297 g/mol. The van der Waals surface area contributed by atoms with Crippen molar-refractivity contribution in [3.63, 3.8) is 0 Å². The summed E-state index contributed by atoms with van der Waals surface area (Å²) in [5.41, 5.74) is 2.17. The molecule has 0 unspecified atom stereocenters. The molecule has 2 rings (SSSR count). The first-order valence-electron chi connectivity index (χ1n) is 6.06. The summed E-state index contributed by atoms with van der Waals surface area (Å²) in [4.78, 5) is 7.35. The fourth-order valence-corrected chi connectivity index (χ4v) is 3.15. The lowest BCUT2D eigenvalue weighted by molar-refractivity contribution is 0.585. The summed E-state index contributed by atoms with van der Waals surface area (Å²) >= 11 is 0. The van der Waals surface area contributed by atoms with Crippen LogP contribution in [0.5, 0.6) is 0 Å². The van der Waals surface area contributed by atoms with E-state index in [4.69, 9.17) is 5.84 Å². The van der Waals surface area contributed by atoms with Crippen molar-refractivity contribution in [3.05, 3.63) is 42.5 Å². The molecule has 7 nitrogen and oxygen atoms in total. The van der Waals surface area contributed by atoms with Gasteiger partial charge in [0.05, 0.1) is 18.1 Å². The molecular formula is C12H14FN5O2S. The number of hydrazine groups is 1. The highest BCUT2D eigenvalue weighted by Crippen LogP contribution is 2.25. The molecule has 0 aliphatic rings. The summed E-state index contributed by atoms with van der Waals surface area (Å²) < 4.78 is 39.9. The Morgan fingerprint density at radius 1 is 1.29 bits per heavy atom. The first-order valence-corrected chi connectivity index (χ1v) is 7.50. The average Bonchev–Trinajstić information content (AvgIpc) is 2.50. The molecule has 9 heteroatoms. The molecule has 1 aromatic heterocycles. The second-order valence-corrected chi connectivity index (χ2v) is 5.87. The number of hydrogen-bond acceptors (Lipinski definition) is 6. The highest BCUT2D eigenvalue weighted by atomic mass is 32.2. The largest absolute Gasteiger partial charge is 0.292 e. The van der Waals surface area contributed by atoms with Crippen LogP contribution in [0.3, 0.4) is 0 Å². The Morgan fingerprint density at radius 3 is 2.43 bits per heavy atom. The monoisotopic (exact) mass is 311 g/mol. The van der Waals surface area contributed by atoms with Crippen LogP contribution in [0.15, 0.2) is 41.6 Å². The topological polar surface area (TPSA) is 101 Å². The van der Waals surface area contributed by atoms with Crippen molar-refractivity contribution < 1.29 is 12.8 Å². The van der Waals surface area contributed by atoms with Crippen LogP contribution in [0.4, 0.5) is 16.0 Å². The number of nitrogen functional groups attached to an aromatic ring is 1. The molecule has 0 atom stereocenters. The molecule has 0 bridgehead atoms. The van der Waals surface area contributed by atoms with Crippen LogP contribution in [0, 0.1) is 5.82 Å². The lowest BCUT2D eigenvalue weighted by Crippen LogP contribution is -2.31. The highest BCUT2D eigenvalue weighted by Gasteiger charge is 2.26. The first kappa shape index (κ1) is 15.1. The summed E-state index contributed by atoms with van der Waals surface area (Å²) in [5.74, 6) is 4.59. The third kappa shape index (κ3) is 2.93. The number of benzene rings is 1. The van der Waals surface area contributed by atoms with Crippen LogP contribution < -0.4 is 15.6 Å². The molecule has 0 saturated carbocycles. The minimum Gasteiger partial charge on any atom is -0.292 e. The Hall–Kier alpha value is -2.26.